The highest BCUT2D eigenvalue weighted by molar-refractivity contribution is 7.89. The van der Waals surface area contributed by atoms with Crippen LogP contribution in [0.25, 0.3) is 10.8 Å². The molecule has 8 heteroatoms. The zero-order valence-corrected chi connectivity index (χ0v) is 19.4. The highest BCUT2D eigenvalue weighted by Crippen LogP contribution is 2.39. The maximum atomic E-state index is 12.9. The maximum Gasteiger partial charge on any atom is 0.241 e. The summed E-state index contributed by atoms with van der Waals surface area (Å²) < 4.78 is 40.1. The lowest BCUT2D eigenvalue weighted by atomic mass is 10.1. The van der Waals surface area contributed by atoms with Crippen molar-refractivity contribution < 1.29 is 17.9 Å². The van der Waals surface area contributed by atoms with Gasteiger partial charge in [-0.15, -0.1) is 0 Å². The minimum Gasteiger partial charge on any atom is -0.486 e. The van der Waals surface area contributed by atoms with Gasteiger partial charge in [-0.1, -0.05) is 42.5 Å². The van der Waals surface area contributed by atoms with Crippen LogP contribution in [0.2, 0.25) is 0 Å². The quantitative estimate of drug-likeness (QED) is 0.539. The van der Waals surface area contributed by atoms with Crippen LogP contribution >= 0.6 is 0 Å². The van der Waals surface area contributed by atoms with Crippen LogP contribution in [0.5, 0.6) is 11.5 Å². The average Bonchev–Trinajstić information content (AvgIpc) is 2.86. The summed E-state index contributed by atoms with van der Waals surface area (Å²) in [6.07, 6.45) is 0.766. The highest BCUT2D eigenvalue weighted by Gasteiger charge is 2.23. The molecule has 3 aromatic rings. The molecule has 0 aliphatic carbocycles. The van der Waals surface area contributed by atoms with Gasteiger partial charge in [0.25, 0.3) is 0 Å². The summed E-state index contributed by atoms with van der Waals surface area (Å²) in [5.74, 6) is 1.67. The number of anilines is 1. The Labute approximate surface area is 195 Å². The molecule has 7 nitrogen and oxygen atoms in total. The van der Waals surface area contributed by atoms with Crippen LogP contribution in [0.3, 0.4) is 0 Å². The number of ether oxygens (including phenoxy) is 2. The van der Waals surface area contributed by atoms with Crippen molar-refractivity contribution in [3.63, 3.8) is 0 Å². The molecule has 2 aliphatic rings. The maximum absolute atomic E-state index is 12.9. The van der Waals surface area contributed by atoms with E-state index in [-0.39, 0.29) is 0 Å². The SMILES string of the molecule is O=S(=O)(NCCCN1CCN(c2cccc3c2OCCO3)CC1)c1cccc2ccccc12. The average molecular weight is 468 g/mol. The van der Waals surface area contributed by atoms with Crippen molar-refractivity contribution in [1.82, 2.24) is 9.62 Å². The molecular formula is C25H29N3O4S. The van der Waals surface area contributed by atoms with E-state index in [1.165, 1.54) is 0 Å². The van der Waals surface area contributed by atoms with E-state index in [0.29, 0.717) is 24.7 Å². The molecular weight excluding hydrogens is 438 g/mol. The molecule has 0 spiro atoms. The molecule has 0 bridgehead atoms. The summed E-state index contributed by atoms with van der Waals surface area (Å²) in [5.41, 5.74) is 1.09. The van der Waals surface area contributed by atoms with Crippen LogP contribution in [0.4, 0.5) is 5.69 Å². The number of para-hydroxylation sites is 1. The molecule has 0 radical (unpaired) electrons. The number of piperazine rings is 1. The normalized spacial score (nSPS) is 16.8. The molecule has 2 aliphatic heterocycles. The first kappa shape index (κ1) is 22.0. The third kappa shape index (κ3) is 4.78. The Hall–Kier alpha value is -2.81. The van der Waals surface area contributed by atoms with Gasteiger partial charge >= 0.3 is 0 Å². The van der Waals surface area contributed by atoms with Gasteiger partial charge in [-0.25, -0.2) is 13.1 Å². The number of fused-ring (bicyclic) bond motifs is 2. The standard InChI is InChI=1S/C25H29N3O4S/c29-33(30,24-11-3-7-20-6-1-2-8-21(20)24)26-12-5-13-27-14-16-28(17-15-27)22-9-4-10-23-25(22)32-19-18-31-23/h1-4,6-11,26H,5,12-19H2. The van der Waals surface area contributed by atoms with E-state index in [2.05, 4.69) is 20.6 Å². The van der Waals surface area contributed by atoms with Crippen molar-refractivity contribution in [3.8, 4) is 11.5 Å². The second-order valence-electron chi connectivity index (χ2n) is 8.36. The number of hydrogen-bond donors (Lipinski definition) is 1. The minimum atomic E-state index is -3.55. The van der Waals surface area contributed by atoms with Crippen molar-refractivity contribution in [2.45, 2.75) is 11.3 Å². The molecule has 0 unspecified atom stereocenters. The molecule has 0 aromatic heterocycles. The minimum absolute atomic E-state index is 0.339. The van der Waals surface area contributed by atoms with Crippen LogP contribution in [-0.4, -0.2) is 65.8 Å². The molecule has 174 valence electrons. The van der Waals surface area contributed by atoms with Gasteiger partial charge in [0.05, 0.1) is 10.6 Å². The number of nitrogens with zero attached hydrogens (tertiary/aromatic N) is 2. The summed E-state index contributed by atoms with van der Waals surface area (Å²) in [5, 5.41) is 1.68. The predicted octanol–water partition coefficient (Wildman–Crippen LogP) is 3.10. The number of benzene rings is 3. The van der Waals surface area contributed by atoms with Gasteiger partial charge in [0.15, 0.2) is 11.5 Å². The lowest BCUT2D eigenvalue weighted by Crippen LogP contribution is -2.47. The molecule has 0 atom stereocenters. The van der Waals surface area contributed by atoms with Crippen LogP contribution < -0.4 is 19.1 Å². The second kappa shape index (κ2) is 9.59. The number of nitrogens with one attached hydrogen (secondary N) is 1. The number of sulfonamides is 1. The number of hydrogen-bond acceptors (Lipinski definition) is 6. The monoisotopic (exact) mass is 467 g/mol. The van der Waals surface area contributed by atoms with Crippen LogP contribution in [0, 0.1) is 0 Å². The van der Waals surface area contributed by atoms with Gasteiger partial charge < -0.3 is 14.4 Å². The van der Waals surface area contributed by atoms with Gasteiger partial charge in [-0.3, -0.25) is 4.90 Å². The Bertz CT molecular complexity index is 1220. The van der Waals surface area contributed by atoms with Gasteiger partial charge in [0.1, 0.15) is 13.2 Å². The van der Waals surface area contributed by atoms with Crippen LogP contribution in [-0.2, 0) is 10.0 Å². The van der Waals surface area contributed by atoms with E-state index in [4.69, 9.17) is 9.47 Å². The fraction of sp³-hybridized carbons (Fsp3) is 0.360. The lowest BCUT2D eigenvalue weighted by Gasteiger charge is -2.37. The topological polar surface area (TPSA) is 71.1 Å². The Kier molecular flexibility index (Phi) is 6.39. The Morgan fingerprint density at radius 3 is 2.48 bits per heavy atom. The molecule has 0 saturated carbocycles. The van der Waals surface area contributed by atoms with Crippen LogP contribution in [0.15, 0.2) is 65.6 Å². The molecule has 1 saturated heterocycles. The fourth-order valence-corrected chi connectivity index (χ4v) is 5.84. The van der Waals surface area contributed by atoms with Crippen molar-refractivity contribution >= 4 is 26.5 Å². The van der Waals surface area contributed by atoms with Crippen molar-refractivity contribution in [3.05, 3.63) is 60.7 Å². The molecule has 2 heterocycles. The first-order valence-corrected chi connectivity index (χ1v) is 12.9. The zero-order chi connectivity index (χ0) is 22.7. The first-order chi connectivity index (χ1) is 16.1. The summed E-state index contributed by atoms with van der Waals surface area (Å²) in [6.45, 7) is 6.12. The summed E-state index contributed by atoms with van der Waals surface area (Å²) >= 11 is 0. The van der Waals surface area contributed by atoms with Crippen molar-refractivity contribution in [2.75, 3.05) is 57.4 Å². The smallest absolute Gasteiger partial charge is 0.241 e. The van der Waals surface area contributed by atoms with Crippen LogP contribution in [0.1, 0.15) is 6.42 Å². The zero-order valence-electron chi connectivity index (χ0n) is 18.6. The molecule has 1 N–H and O–H groups in total. The fourth-order valence-electron chi connectivity index (χ4n) is 4.54. The molecule has 0 amide bonds. The van der Waals surface area contributed by atoms with E-state index in [0.717, 1.165) is 67.1 Å². The van der Waals surface area contributed by atoms with E-state index in [1.807, 2.05) is 42.5 Å². The molecule has 5 rings (SSSR count). The molecule has 33 heavy (non-hydrogen) atoms. The lowest BCUT2D eigenvalue weighted by molar-refractivity contribution is 0.171. The van der Waals surface area contributed by atoms with Gasteiger partial charge in [-0.05, 0) is 36.6 Å². The Morgan fingerprint density at radius 1 is 0.848 bits per heavy atom. The third-order valence-electron chi connectivity index (χ3n) is 6.24. The van der Waals surface area contributed by atoms with E-state index in [1.54, 1.807) is 12.1 Å². The Balaban J connectivity index is 1.12. The largest absolute Gasteiger partial charge is 0.486 e. The summed E-state index contributed by atoms with van der Waals surface area (Å²) in [7, 11) is -3.55. The highest BCUT2D eigenvalue weighted by atomic mass is 32.2. The van der Waals surface area contributed by atoms with Gasteiger partial charge in [-0.2, -0.15) is 0 Å². The van der Waals surface area contributed by atoms with Crippen molar-refractivity contribution in [1.29, 1.82) is 0 Å². The van der Waals surface area contributed by atoms with E-state index >= 15 is 0 Å². The molecule has 1 fully saturated rings. The summed E-state index contributed by atoms with van der Waals surface area (Å²) in [6, 6.07) is 19.0. The van der Waals surface area contributed by atoms with Gasteiger partial charge in [0.2, 0.25) is 10.0 Å². The third-order valence-corrected chi connectivity index (χ3v) is 7.76. The Morgan fingerprint density at radius 2 is 1.61 bits per heavy atom. The predicted molar refractivity (Wildman–Crippen MR) is 130 cm³/mol. The first-order valence-electron chi connectivity index (χ1n) is 11.5. The second-order valence-corrected chi connectivity index (χ2v) is 10.1. The van der Waals surface area contributed by atoms with Crippen molar-refractivity contribution in [2.24, 2.45) is 0 Å². The van der Waals surface area contributed by atoms with E-state index < -0.39 is 10.0 Å². The van der Waals surface area contributed by atoms with E-state index in [9.17, 15) is 8.42 Å². The number of rotatable bonds is 7. The molecule has 3 aromatic carbocycles. The summed E-state index contributed by atoms with van der Waals surface area (Å²) in [4.78, 5) is 5.06. The van der Waals surface area contributed by atoms with Gasteiger partial charge in [0, 0.05) is 38.1 Å².